The van der Waals surface area contributed by atoms with Gasteiger partial charge in [-0.3, -0.25) is 9.59 Å². The summed E-state index contributed by atoms with van der Waals surface area (Å²) in [5.41, 5.74) is 1.48. The summed E-state index contributed by atoms with van der Waals surface area (Å²) in [4.78, 5) is 23.1. The van der Waals surface area contributed by atoms with Gasteiger partial charge < -0.3 is 16.0 Å². The molecule has 102 valence electrons. The number of amides is 2. The zero-order valence-electron chi connectivity index (χ0n) is 11.0. The van der Waals surface area contributed by atoms with Crippen LogP contribution in [0, 0.1) is 0 Å². The van der Waals surface area contributed by atoms with Gasteiger partial charge in [0.25, 0.3) is 0 Å². The number of carbonyl (C=O) groups is 2. The molecule has 0 radical (unpaired) electrons. The highest BCUT2D eigenvalue weighted by Crippen LogP contribution is 2.15. The standard InChI is InChI=1S/C14H19N3O2/c1-2-13(18)16-10-5-7-11(8-6-10)17-14(19)12-4-3-9-15-12/h5-8,12,15H,2-4,9H2,1H3,(H,16,18)(H,17,19)/t12-/m1/s1. The van der Waals surface area contributed by atoms with E-state index in [1.807, 2.05) is 0 Å². The van der Waals surface area contributed by atoms with E-state index < -0.39 is 0 Å². The van der Waals surface area contributed by atoms with Crippen molar-refractivity contribution in [2.24, 2.45) is 0 Å². The van der Waals surface area contributed by atoms with Crippen LogP contribution in [-0.2, 0) is 9.59 Å². The second-order valence-electron chi connectivity index (χ2n) is 4.62. The summed E-state index contributed by atoms with van der Waals surface area (Å²) in [6.07, 6.45) is 2.38. The topological polar surface area (TPSA) is 70.2 Å². The van der Waals surface area contributed by atoms with Gasteiger partial charge in [0.05, 0.1) is 6.04 Å². The molecule has 1 aliphatic heterocycles. The van der Waals surface area contributed by atoms with Crippen molar-refractivity contribution in [1.29, 1.82) is 0 Å². The minimum absolute atomic E-state index is 0.00263. The van der Waals surface area contributed by atoms with Gasteiger partial charge in [-0.25, -0.2) is 0 Å². The first-order valence-corrected chi connectivity index (χ1v) is 6.63. The van der Waals surface area contributed by atoms with Crippen LogP contribution in [0.4, 0.5) is 11.4 Å². The van der Waals surface area contributed by atoms with Crippen LogP contribution < -0.4 is 16.0 Å². The molecule has 1 aromatic carbocycles. The highest BCUT2D eigenvalue weighted by Gasteiger charge is 2.21. The number of carbonyl (C=O) groups excluding carboxylic acids is 2. The lowest BCUT2D eigenvalue weighted by molar-refractivity contribution is -0.118. The maximum atomic E-state index is 11.9. The molecule has 0 aromatic heterocycles. The van der Waals surface area contributed by atoms with Crippen molar-refractivity contribution in [3.05, 3.63) is 24.3 Å². The fourth-order valence-electron chi connectivity index (χ4n) is 2.02. The Morgan fingerprint density at radius 1 is 1.21 bits per heavy atom. The van der Waals surface area contributed by atoms with E-state index in [2.05, 4.69) is 16.0 Å². The lowest BCUT2D eigenvalue weighted by Crippen LogP contribution is -2.35. The molecule has 0 unspecified atom stereocenters. The van der Waals surface area contributed by atoms with Gasteiger partial charge >= 0.3 is 0 Å². The Bertz CT molecular complexity index is 450. The minimum atomic E-state index is -0.0838. The molecule has 1 saturated heterocycles. The third-order valence-electron chi connectivity index (χ3n) is 3.13. The van der Waals surface area contributed by atoms with Gasteiger partial charge in [-0.15, -0.1) is 0 Å². The first-order chi connectivity index (χ1) is 9.19. The average Bonchev–Trinajstić information content (AvgIpc) is 2.95. The van der Waals surface area contributed by atoms with E-state index >= 15 is 0 Å². The summed E-state index contributed by atoms with van der Waals surface area (Å²) in [7, 11) is 0. The lowest BCUT2D eigenvalue weighted by atomic mass is 10.2. The van der Waals surface area contributed by atoms with Crippen molar-refractivity contribution in [3.8, 4) is 0 Å². The van der Waals surface area contributed by atoms with Crippen molar-refractivity contribution < 1.29 is 9.59 Å². The molecule has 0 spiro atoms. The van der Waals surface area contributed by atoms with Crippen LogP contribution in [0.15, 0.2) is 24.3 Å². The number of nitrogens with one attached hydrogen (secondary N) is 3. The molecular weight excluding hydrogens is 242 g/mol. The fraction of sp³-hybridized carbons (Fsp3) is 0.429. The number of anilines is 2. The summed E-state index contributed by atoms with van der Waals surface area (Å²) in [6, 6.07) is 7.06. The second-order valence-corrected chi connectivity index (χ2v) is 4.62. The van der Waals surface area contributed by atoms with Crippen molar-refractivity contribution in [2.45, 2.75) is 32.2 Å². The Labute approximate surface area is 112 Å². The Kier molecular flexibility index (Phi) is 4.52. The van der Waals surface area contributed by atoms with Crippen molar-refractivity contribution >= 4 is 23.2 Å². The largest absolute Gasteiger partial charge is 0.326 e. The first-order valence-electron chi connectivity index (χ1n) is 6.63. The molecule has 19 heavy (non-hydrogen) atoms. The van der Waals surface area contributed by atoms with Crippen LogP contribution in [0.1, 0.15) is 26.2 Å². The summed E-state index contributed by atoms with van der Waals surface area (Å²) >= 11 is 0. The smallest absolute Gasteiger partial charge is 0.241 e. The van der Waals surface area contributed by atoms with Crippen LogP contribution >= 0.6 is 0 Å². The molecule has 0 saturated carbocycles. The van der Waals surface area contributed by atoms with Gasteiger partial charge in [-0.2, -0.15) is 0 Å². The van der Waals surface area contributed by atoms with Gasteiger partial charge in [-0.05, 0) is 43.7 Å². The van der Waals surface area contributed by atoms with E-state index in [0.717, 1.165) is 30.8 Å². The number of hydrogen-bond acceptors (Lipinski definition) is 3. The molecule has 1 heterocycles. The van der Waals surface area contributed by atoms with Crippen LogP contribution in [-0.4, -0.2) is 24.4 Å². The Morgan fingerprint density at radius 2 is 1.84 bits per heavy atom. The molecule has 2 rings (SSSR count). The third kappa shape index (κ3) is 3.79. The SMILES string of the molecule is CCC(=O)Nc1ccc(NC(=O)[C@H]2CCCN2)cc1. The maximum absolute atomic E-state index is 11.9. The van der Waals surface area contributed by atoms with Crippen LogP contribution in [0.3, 0.4) is 0 Å². The predicted molar refractivity (Wildman–Crippen MR) is 75.0 cm³/mol. The predicted octanol–water partition coefficient (Wildman–Crippen LogP) is 1.73. The van der Waals surface area contributed by atoms with Gasteiger partial charge in [-0.1, -0.05) is 6.92 Å². The normalized spacial score (nSPS) is 18.1. The van der Waals surface area contributed by atoms with Crippen LogP contribution in [0.2, 0.25) is 0 Å². The van der Waals surface area contributed by atoms with E-state index in [9.17, 15) is 9.59 Å². The van der Waals surface area contributed by atoms with Gasteiger partial charge in [0, 0.05) is 17.8 Å². The summed E-state index contributed by atoms with van der Waals surface area (Å²) < 4.78 is 0. The number of hydrogen-bond donors (Lipinski definition) is 3. The maximum Gasteiger partial charge on any atom is 0.241 e. The minimum Gasteiger partial charge on any atom is -0.326 e. The zero-order valence-corrected chi connectivity index (χ0v) is 11.0. The molecule has 5 heteroatoms. The fourth-order valence-corrected chi connectivity index (χ4v) is 2.02. The Balaban J connectivity index is 1.91. The molecule has 1 atom stereocenters. The van der Waals surface area contributed by atoms with Crippen molar-refractivity contribution in [2.75, 3.05) is 17.2 Å². The summed E-state index contributed by atoms with van der Waals surface area (Å²) in [5, 5.41) is 8.78. The highest BCUT2D eigenvalue weighted by molar-refractivity contribution is 5.95. The van der Waals surface area contributed by atoms with E-state index in [1.165, 1.54) is 0 Å². The van der Waals surface area contributed by atoms with Crippen LogP contribution in [0.25, 0.3) is 0 Å². The van der Waals surface area contributed by atoms with Gasteiger partial charge in [0.15, 0.2) is 0 Å². The second kappa shape index (κ2) is 6.33. The molecule has 0 bridgehead atoms. The van der Waals surface area contributed by atoms with E-state index in [1.54, 1.807) is 31.2 Å². The molecule has 0 aliphatic carbocycles. The van der Waals surface area contributed by atoms with Crippen molar-refractivity contribution in [1.82, 2.24) is 5.32 Å². The van der Waals surface area contributed by atoms with E-state index in [4.69, 9.17) is 0 Å². The highest BCUT2D eigenvalue weighted by atomic mass is 16.2. The first kappa shape index (κ1) is 13.5. The van der Waals surface area contributed by atoms with Crippen molar-refractivity contribution in [3.63, 3.8) is 0 Å². The number of rotatable bonds is 4. The Morgan fingerprint density at radius 3 is 2.37 bits per heavy atom. The molecule has 5 nitrogen and oxygen atoms in total. The van der Waals surface area contributed by atoms with Gasteiger partial charge in [0.1, 0.15) is 0 Å². The molecule has 1 aromatic rings. The molecule has 2 amide bonds. The average molecular weight is 261 g/mol. The number of benzene rings is 1. The summed E-state index contributed by atoms with van der Waals surface area (Å²) in [6.45, 7) is 2.71. The quantitative estimate of drug-likeness (QED) is 0.773. The van der Waals surface area contributed by atoms with E-state index in [-0.39, 0.29) is 17.9 Å². The van der Waals surface area contributed by atoms with Crippen LogP contribution in [0.5, 0.6) is 0 Å². The van der Waals surface area contributed by atoms with E-state index in [0.29, 0.717) is 6.42 Å². The molecular formula is C14H19N3O2. The molecule has 1 fully saturated rings. The zero-order chi connectivity index (χ0) is 13.7. The monoisotopic (exact) mass is 261 g/mol. The third-order valence-corrected chi connectivity index (χ3v) is 3.13. The Hall–Kier alpha value is -1.88. The summed E-state index contributed by atoms with van der Waals surface area (Å²) in [5.74, 6) is -0.0187. The molecule has 3 N–H and O–H groups in total. The lowest BCUT2D eigenvalue weighted by Gasteiger charge is -2.11. The van der Waals surface area contributed by atoms with Gasteiger partial charge in [0.2, 0.25) is 11.8 Å². The molecule has 1 aliphatic rings.